The molecule has 0 aliphatic carbocycles. The van der Waals surface area contributed by atoms with Crippen molar-refractivity contribution in [3.05, 3.63) is 28.9 Å². The summed E-state index contributed by atoms with van der Waals surface area (Å²) >= 11 is 0.721. The molecule has 4 heterocycles. The minimum Gasteiger partial charge on any atom is -0.346 e. The lowest BCUT2D eigenvalue weighted by Crippen LogP contribution is -2.43. The van der Waals surface area contributed by atoms with Gasteiger partial charge in [0.2, 0.25) is 0 Å². The van der Waals surface area contributed by atoms with E-state index in [4.69, 9.17) is 0 Å². The monoisotopic (exact) mass is 369 g/mol. The number of aromatic nitrogens is 1. The number of carbonyl (C=O) groups is 2. The number of ketones is 1. The van der Waals surface area contributed by atoms with Crippen molar-refractivity contribution >= 4 is 33.1 Å². The van der Waals surface area contributed by atoms with Gasteiger partial charge in [0.05, 0.1) is 4.88 Å². The van der Waals surface area contributed by atoms with Crippen LogP contribution in [0.15, 0.2) is 18.3 Å². The number of nitrogens with one attached hydrogen (secondary N) is 1. The number of pyridine rings is 1. The average molecular weight is 369 g/mol. The molecule has 3 atom stereocenters. The maximum atomic E-state index is 12.5. The number of piperidine rings is 1. The van der Waals surface area contributed by atoms with Crippen molar-refractivity contribution < 1.29 is 22.8 Å². The zero-order chi connectivity index (χ0) is 17.8. The molecule has 5 nitrogen and oxygen atoms in total. The minimum absolute atomic E-state index is 0.0875. The Labute approximate surface area is 144 Å². The fourth-order valence-electron chi connectivity index (χ4n) is 3.50. The van der Waals surface area contributed by atoms with Gasteiger partial charge in [-0.25, -0.2) is 0 Å². The number of carbonyl (C=O) groups excluding carboxylic acids is 2. The molecule has 0 saturated carbocycles. The van der Waals surface area contributed by atoms with Gasteiger partial charge in [0.25, 0.3) is 11.7 Å². The summed E-state index contributed by atoms with van der Waals surface area (Å²) in [5.74, 6) is -1.76. The number of hydrogen-bond acceptors (Lipinski definition) is 5. The lowest BCUT2D eigenvalue weighted by Gasteiger charge is -2.22. The van der Waals surface area contributed by atoms with Crippen LogP contribution in [-0.4, -0.2) is 53.4 Å². The van der Waals surface area contributed by atoms with E-state index in [2.05, 4.69) is 15.2 Å². The normalized spacial score (nSPS) is 25.5. The molecule has 132 valence electrons. The second-order valence-corrected chi connectivity index (χ2v) is 7.52. The molecule has 25 heavy (non-hydrogen) atoms. The quantitative estimate of drug-likeness (QED) is 0.845. The molecule has 2 aromatic heterocycles. The van der Waals surface area contributed by atoms with E-state index in [9.17, 15) is 22.8 Å². The number of Topliss-reactive ketones (excluding diaryl/α,β-unsaturated/α-hetero) is 1. The lowest BCUT2D eigenvalue weighted by molar-refractivity contribution is -0.0882. The second-order valence-electron chi connectivity index (χ2n) is 6.43. The molecule has 0 radical (unpaired) electrons. The molecule has 3 unspecified atom stereocenters. The van der Waals surface area contributed by atoms with Crippen molar-refractivity contribution in [2.45, 2.75) is 18.6 Å². The largest absolute Gasteiger partial charge is 0.455 e. The minimum atomic E-state index is -4.91. The summed E-state index contributed by atoms with van der Waals surface area (Å²) in [5.41, 5.74) is 0.151. The predicted octanol–water partition coefficient (Wildman–Crippen LogP) is 2.48. The number of nitrogens with zero attached hydrogens (tertiary/aromatic N) is 2. The van der Waals surface area contributed by atoms with Crippen molar-refractivity contribution in [2.24, 2.45) is 5.92 Å². The summed E-state index contributed by atoms with van der Waals surface area (Å²) in [7, 11) is 0. The number of thiophene rings is 1. The van der Waals surface area contributed by atoms with E-state index >= 15 is 0 Å². The molecule has 2 fully saturated rings. The Morgan fingerprint density at radius 3 is 2.72 bits per heavy atom. The first-order valence-corrected chi connectivity index (χ1v) is 8.67. The van der Waals surface area contributed by atoms with Gasteiger partial charge in [0, 0.05) is 35.4 Å². The van der Waals surface area contributed by atoms with E-state index in [1.165, 1.54) is 12.3 Å². The molecule has 0 spiro atoms. The Balaban J connectivity index is 1.54. The molecule has 1 amide bonds. The van der Waals surface area contributed by atoms with Crippen LogP contribution < -0.4 is 5.32 Å². The molecular formula is C16H14F3N3O2S. The van der Waals surface area contributed by atoms with Crippen LogP contribution in [0.25, 0.3) is 10.1 Å². The Kier molecular flexibility index (Phi) is 3.80. The number of hydrogen-bond donors (Lipinski definition) is 1. The Bertz CT molecular complexity index is 864. The van der Waals surface area contributed by atoms with Crippen LogP contribution in [0.3, 0.4) is 0 Å². The first-order chi connectivity index (χ1) is 11.8. The van der Waals surface area contributed by atoms with Gasteiger partial charge in [-0.15, -0.1) is 11.3 Å². The Hall–Kier alpha value is -2.00. The first kappa shape index (κ1) is 16.5. The summed E-state index contributed by atoms with van der Waals surface area (Å²) in [6.45, 7) is 2.87. The van der Waals surface area contributed by atoms with Gasteiger partial charge in [-0.05, 0) is 31.0 Å². The standard InChI is InChI=1S/C16H14F3N3O2S/c17-16(18,19)14(23)13-3-9-5-20-10(4-12(9)25-13)15(24)21-11-7-22-2-1-8(11)6-22/h3-5,8,11H,1-2,6-7H2,(H,21,24). The third-order valence-corrected chi connectivity index (χ3v) is 5.86. The molecule has 2 aliphatic heterocycles. The number of alkyl halides is 3. The molecular weight excluding hydrogens is 355 g/mol. The molecule has 2 saturated heterocycles. The summed E-state index contributed by atoms with van der Waals surface area (Å²) in [5, 5.41) is 3.38. The van der Waals surface area contributed by atoms with E-state index < -0.39 is 16.8 Å². The van der Waals surface area contributed by atoms with Crippen LogP contribution in [0.1, 0.15) is 26.6 Å². The van der Waals surface area contributed by atoms with Crippen molar-refractivity contribution in [1.82, 2.24) is 15.2 Å². The van der Waals surface area contributed by atoms with Crippen LogP contribution in [0, 0.1) is 5.92 Å². The van der Waals surface area contributed by atoms with Crippen molar-refractivity contribution in [3.63, 3.8) is 0 Å². The predicted molar refractivity (Wildman–Crippen MR) is 85.8 cm³/mol. The number of amides is 1. The topological polar surface area (TPSA) is 62.3 Å². The fraction of sp³-hybridized carbons (Fsp3) is 0.438. The van der Waals surface area contributed by atoms with Crippen molar-refractivity contribution in [1.29, 1.82) is 0 Å². The fourth-order valence-corrected chi connectivity index (χ4v) is 4.53. The molecule has 1 N–H and O–H groups in total. The lowest BCUT2D eigenvalue weighted by atomic mass is 10.00. The van der Waals surface area contributed by atoms with Gasteiger partial charge < -0.3 is 10.2 Å². The average Bonchev–Trinajstić information content (AvgIpc) is 3.26. The highest BCUT2D eigenvalue weighted by molar-refractivity contribution is 7.20. The number of fused-ring (bicyclic) bond motifs is 3. The Morgan fingerprint density at radius 2 is 2.08 bits per heavy atom. The second kappa shape index (κ2) is 5.77. The Morgan fingerprint density at radius 1 is 1.28 bits per heavy atom. The summed E-state index contributed by atoms with van der Waals surface area (Å²) in [6, 6.07) is 2.69. The van der Waals surface area contributed by atoms with E-state index in [1.807, 2.05) is 0 Å². The molecule has 2 bridgehead atoms. The zero-order valence-corrected chi connectivity index (χ0v) is 13.8. The molecule has 9 heteroatoms. The van der Waals surface area contributed by atoms with Crippen LogP contribution in [0.5, 0.6) is 0 Å². The third kappa shape index (κ3) is 3.02. The van der Waals surface area contributed by atoms with Crippen LogP contribution in [0.4, 0.5) is 13.2 Å². The van der Waals surface area contributed by atoms with Gasteiger partial charge in [0.1, 0.15) is 5.69 Å². The summed E-state index contributed by atoms with van der Waals surface area (Å²) in [4.78, 5) is 29.7. The molecule has 2 aliphatic rings. The highest BCUT2D eigenvalue weighted by Gasteiger charge is 2.40. The summed E-state index contributed by atoms with van der Waals surface area (Å²) in [6.07, 6.45) is -2.52. The van der Waals surface area contributed by atoms with E-state index in [0.29, 0.717) is 16.0 Å². The highest BCUT2D eigenvalue weighted by Crippen LogP contribution is 2.31. The van der Waals surface area contributed by atoms with E-state index in [-0.39, 0.29) is 17.6 Å². The SMILES string of the molecule is O=C(NC1CN2CCC1C2)c1cc2sc(C(=O)C(F)(F)F)cc2cn1. The zero-order valence-electron chi connectivity index (χ0n) is 13.0. The van der Waals surface area contributed by atoms with E-state index in [1.54, 1.807) is 0 Å². The molecule has 4 rings (SSSR count). The molecule has 0 aromatic carbocycles. The van der Waals surface area contributed by atoms with Gasteiger partial charge in [-0.2, -0.15) is 13.2 Å². The van der Waals surface area contributed by atoms with Crippen LogP contribution >= 0.6 is 11.3 Å². The maximum absolute atomic E-state index is 12.5. The smallest absolute Gasteiger partial charge is 0.346 e. The van der Waals surface area contributed by atoms with Crippen molar-refractivity contribution in [2.75, 3.05) is 19.6 Å². The van der Waals surface area contributed by atoms with Gasteiger partial charge in [-0.3, -0.25) is 14.6 Å². The number of halogens is 3. The van der Waals surface area contributed by atoms with Gasteiger partial charge >= 0.3 is 6.18 Å². The highest BCUT2D eigenvalue weighted by atomic mass is 32.1. The molecule has 2 aromatic rings. The van der Waals surface area contributed by atoms with E-state index in [0.717, 1.165) is 43.5 Å². The first-order valence-electron chi connectivity index (χ1n) is 7.85. The number of rotatable bonds is 3. The summed E-state index contributed by atoms with van der Waals surface area (Å²) < 4.78 is 38.1. The van der Waals surface area contributed by atoms with Crippen LogP contribution in [0.2, 0.25) is 0 Å². The van der Waals surface area contributed by atoms with Gasteiger partial charge in [0.15, 0.2) is 0 Å². The third-order valence-electron chi connectivity index (χ3n) is 4.76. The van der Waals surface area contributed by atoms with Gasteiger partial charge in [-0.1, -0.05) is 0 Å². The maximum Gasteiger partial charge on any atom is 0.455 e. The van der Waals surface area contributed by atoms with Crippen LogP contribution in [-0.2, 0) is 0 Å². The van der Waals surface area contributed by atoms with Crippen molar-refractivity contribution in [3.8, 4) is 0 Å².